The molecule has 0 unspecified atom stereocenters. The highest BCUT2D eigenvalue weighted by molar-refractivity contribution is 5.90. The van der Waals surface area contributed by atoms with E-state index in [1.165, 1.54) is 0 Å². The van der Waals surface area contributed by atoms with Gasteiger partial charge in [0.1, 0.15) is 11.6 Å². The Morgan fingerprint density at radius 3 is 2.45 bits per heavy atom. The molecule has 0 bridgehead atoms. The third-order valence-electron chi connectivity index (χ3n) is 2.61. The molecule has 0 amide bonds. The fourth-order valence-corrected chi connectivity index (χ4v) is 1.71. The fourth-order valence-electron chi connectivity index (χ4n) is 1.71. The second-order valence-corrected chi connectivity index (χ2v) is 3.95. The first-order valence-corrected chi connectivity index (χ1v) is 5.36. The van der Waals surface area contributed by atoms with Gasteiger partial charge in [-0.25, -0.2) is 13.6 Å². The zero-order valence-electron chi connectivity index (χ0n) is 9.84. The summed E-state index contributed by atoms with van der Waals surface area (Å²) < 4.78 is 26.8. The summed E-state index contributed by atoms with van der Waals surface area (Å²) in [5.74, 6) is -2.93. The lowest BCUT2D eigenvalue weighted by molar-refractivity contribution is -0.384. The molecule has 0 aliphatic heterocycles. The van der Waals surface area contributed by atoms with Crippen LogP contribution in [-0.4, -0.2) is 16.0 Å². The molecule has 0 saturated heterocycles. The van der Waals surface area contributed by atoms with Crippen LogP contribution in [0, 0.1) is 21.7 Å². The van der Waals surface area contributed by atoms with Crippen LogP contribution in [0.2, 0.25) is 0 Å². The third kappa shape index (κ3) is 2.61. The molecule has 0 fully saturated rings. The number of nitro benzene ring substituents is 1. The molecule has 102 valence electrons. The van der Waals surface area contributed by atoms with Crippen LogP contribution in [0.5, 0.6) is 0 Å². The van der Waals surface area contributed by atoms with Crippen LogP contribution < -0.4 is 0 Å². The van der Waals surface area contributed by atoms with Gasteiger partial charge in [0.15, 0.2) is 0 Å². The molecule has 7 heteroatoms. The number of rotatable bonds is 3. The van der Waals surface area contributed by atoms with Crippen LogP contribution in [0.25, 0.3) is 11.1 Å². The molecule has 0 atom stereocenters. The van der Waals surface area contributed by atoms with Gasteiger partial charge in [-0.05, 0) is 29.8 Å². The maximum Gasteiger partial charge on any atom is 0.335 e. The third-order valence-corrected chi connectivity index (χ3v) is 2.61. The monoisotopic (exact) mass is 279 g/mol. The molecule has 20 heavy (non-hydrogen) atoms. The molecule has 1 N–H and O–H groups in total. The molecule has 0 spiro atoms. The van der Waals surface area contributed by atoms with Crippen molar-refractivity contribution in [2.24, 2.45) is 0 Å². The number of carboxylic acid groups (broad SMARTS) is 1. The van der Waals surface area contributed by atoms with Crippen LogP contribution in [0.3, 0.4) is 0 Å². The van der Waals surface area contributed by atoms with Crippen LogP contribution in [0.15, 0.2) is 36.4 Å². The minimum absolute atomic E-state index is 0.0754. The van der Waals surface area contributed by atoms with Crippen molar-refractivity contribution in [3.8, 4) is 11.1 Å². The lowest BCUT2D eigenvalue weighted by atomic mass is 10.0. The average Bonchev–Trinajstić information content (AvgIpc) is 2.40. The maximum absolute atomic E-state index is 13.6. The fraction of sp³-hybridized carbons (Fsp3) is 0. The van der Waals surface area contributed by atoms with Crippen LogP contribution in [0.1, 0.15) is 10.4 Å². The highest BCUT2D eigenvalue weighted by Gasteiger charge is 2.16. The van der Waals surface area contributed by atoms with E-state index < -0.39 is 28.2 Å². The number of carbonyl (C=O) groups is 1. The molecular formula is C13H7F2NO4. The summed E-state index contributed by atoms with van der Waals surface area (Å²) in [5.41, 5.74) is -1.20. The van der Waals surface area contributed by atoms with Crippen molar-refractivity contribution >= 4 is 11.7 Å². The molecule has 2 rings (SSSR count). The van der Waals surface area contributed by atoms with Crippen molar-refractivity contribution in [1.82, 2.24) is 0 Å². The molecule has 0 saturated carbocycles. The molecule has 0 aliphatic rings. The van der Waals surface area contributed by atoms with Crippen molar-refractivity contribution in [3.05, 3.63) is 63.7 Å². The van der Waals surface area contributed by atoms with Gasteiger partial charge in [-0.15, -0.1) is 0 Å². The smallest absolute Gasteiger partial charge is 0.335 e. The van der Waals surface area contributed by atoms with E-state index in [0.29, 0.717) is 0 Å². The Balaban J connectivity index is 2.69. The molecule has 0 aromatic heterocycles. The Morgan fingerprint density at radius 2 is 1.85 bits per heavy atom. The van der Waals surface area contributed by atoms with Gasteiger partial charge in [0.05, 0.1) is 10.5 Å². The Morgan fingerprint density at radius 1 is 1.15 bits per heavy atom. The number of hydrogen-bond acceptors (Lipinski definition) is 3. The summed E-state index contributed by atoms with van der Waals surface area (Å²) in [7, 11) is 0. The Bertz CT molecular complexity index is 683. The maximum atomic E-state index is 13.6. The lowest BCUT2D eigenvalue weighted by Crippen LogP contribution is -2.00. The Hall–Kier alpha value is -2.83. The number of nitrogens with zero attached hydrogens (tertiary/aromatic N) is 1. The highest BCUT2D eigenvalue weighted by atomic mass is 19.1. The summed E-state index contributed by atoms with van der Waals surface area (Å²) >= 11 is 0. The van der Waals surface area contributed by atoms with E-state index in [2.05, 4.69) is 0 Å². The van der Waals surface area contributed by atoms with Gasteiger partial charge < -0.3 is 5.11 Å². The normalized spacial score (nSPS) is 10.3. The van der Waals surface area contributed by atoms with Crippen molar-refractivity contribution in [1.29, 1.82) is 0 Å². The largest absolute Gasteiger partial charge is 0.478 e. The predicted molar refractivity (Wildman–Crippen MR) is 65.4 cm³/mol. The second kappa shape index (κ2) is 5.04. The van der Waals surface area contributed by atoms with Crippen molar-refractivity contribution in [2.45, 2.75) is 0 Å². The van der Waals surface area contributed by atoms with E-state index in [1.54, 1.807) is 0 Å². The summed E-state index contributed by atoms with van der Waals surface area (Å²) in [6.07, 6.45) is 0. The standard InChI is InChI=1S/C13H7F2NO4/c14-9-1-2-12(15)11(6-9)7-3-8(13(17)18)5-10(4-7)16(19)20/h1-6H,(H,17,18). The highest BCUT2D eigenvalue weighted by Crippen LogP contribution is 2.28. The van der Waals surface area contributed by atoms with Gasteiger partial charge in [-0.3, -0.25) is 10.1 Å². The summed E-state index contributed by atoms with van der Waals surface area (Å²) in [6.45, 7) is 0. The minimum atomic E-state index is -1.40. The van der Waals surface area contributed by atoms with Crippen LogP contribution in [0.4, 0.5) is 14.5 Å². The van der Waals surface area contributed by atoms with Gasteiger partial charge in [-0.2, -0.15) is 0 Å². The zero-order valence-corrected chi connectivity index (χ0v) is 9.84. The van der Waals surface area contributed by atoms with Crippen LogP contribution in [-0.2, 0) is 0 Å². The molecule has 0 aliphatic carbocycles. The Labute approximate surface area is 111 Å². The lowest BCUT2D eigenvalue weighted by Gasteiger charge is -2.05. The number of halogens is 2. The quantitative estimate of drug-likeness (QED) is 0.690. The predicted octanol–water partition coefficient (Wildman–Crippen LogP) is 3.24. The van der Waals surface area contributed by atoms with E-state index in [-0.39, 0.29) is 16.7 Å². The number of non-ortho nitro benzene ring substituents is 1. The van der Waals surface area contributed by atoms with Crippen molar-refractivity contribution < 1.29 is 23.6 Å². The van der Waals surface area contributed by atoms with Crippen molar-refractivity contribution in [3.63, 3.8) is 0 Å². The molecular weight excluding hydrogens is 272 g/mol. The van der Waals surface area contributed by atoms with Crippen LogP contribution >= 0.6 is 0 Å². The first-order valence-electron chi connectivity index (χ1n) is 5.36. The van der Waals surface area contributed by atoms with Gasteiger partial charge in [0, 0.05) is 17.7 Å². The Kier molecular flexibility index (Phi) is 3.43. The molecule has 0 heterocycles. The molecule has 2 aromatic carbocycles. The first kappa shape index (κ1) is 13.6. The van der Waals surface area contributed by atoms with Gasteiger partial charge in [0.25, 0.3) is 5.69 Å². The summed E-state index contributed by atoms with van der Waals surface area (Å²) in [5, 5.41) is 19.7. The van der Waals surface area contributed by atoms with E-state index in [1.807, 2.05) is 0 Å². The van der Waals surface area contributed by atoms with Gasteiger partial charge >= 0.3 is 5.97 Å². The summed E-state index contributed by atoms with van der Waals surface area (Å²) in [6, 6.07) is 5.50. The number of nitro groups is 1. The molecule has 2 aromatic rings. The minimum Gasteiger partial charge on any atom is -0.478 e. The molecule has 0 radical (unpaired) electrons. The van der Waals surface area contributed by atoms with Gasteiger partial charge in [-0.1, -0.05) is 0 Å². The first-order chi connectivity index (χ1) is 9.38. The number of aromatic carboxylic acids is 1. The van der Waals surface area contributed by atoms with E-state index in [4.69, 9.17) is 5.11 Å². The summed E-state index contributed by atoms with van der Waals surface area (Å²) in [4.78, 5) is 20.9. The number of benzene rings is 2. The van der Waals surface area contributed by atoms with Gasteiger partial charge in [0.2, 0.25) is 0 Å². The topological polar surface area (TPSA) is 80.4 Å². The zero-order chi connectivity index (χ0) is 14.9. The van der Waals surface area contributed by atoms with E-state index >= 15 is 0 Å². The second-order valence-electron chi connectivity index (χ2n) is 3.95. The number of hydrogen-bond donors (Lipinski definition) is 1. The average molecular weight is 279 g/mol. The molecule has 5 nitrogen and oxygen atoms in total. The van der Waals surface area contributed by atoms with Crippen molar-refractivity contribution in [2.75, 3.05) is 0 Å². The SMILES string of the molecule is O=C(O)c1cc(-c2cc(F)ccc2F)cc([N+](=O)[O-])c1. The van der Waals surface area contributed by atoms with E-state index in [9.17, 15) is 23.7 Å². The number of carboxylic acids is 1. The van der Waals surface area contributed by atoms with E-state index in [0.717, 1.165) is 36.4 Å².